The van der Waals surface area contributed by atoms with E-state index in [-0.39, 0.29) is 12.3 Å². The molecule has 2 N–H and O–H groups in total. The van der Waals surface area contributed by atoms with E-state index in [1.54, 1.807) is 0 Å². The van der Waals surface area contributed by atoms with Crippen molar-refractivity contribution in [2.75, 3.05) is 6.61 Å². The fourth-order valence-corrected chi connectivity index (χ4v) is 2.01. The van der Waals surface area contributed by atoms with Crippen LogP contribution < -0.4 is 20.3 Å². The molecular formula is C19H21FN2O4. The van der Waals surface area contributed by atoms with Gasteiger partial charge in [0.1, 0.15) is 17.3 Å². The Hall–Kier alpha value is -3.09. The summed E-state index contributed by atoms with van der Waals surface area (Å²) in [5.74, 6) is -0.128. The number of rotatable bonds is 8. The smallest absolute Gasteiger partial charge is 0.279 e. The molecule has 0 fully saturated rings. The third kappa shape index (κ3) is 6.80. The summed E-state index contributed by atoms with van der Waals surface area (Å²) in [7, 11) is 0. The van der Waals surface area contributed by atoms with Crippen LogP contribution in [0.5, 0.6) is 11.5 Å². The van der Waals surface area contributed by atoms with Crippen molar-refractivity contribution in [1.29, 1.82) is 0 Å². The molecule has 2 rings (SSSR count). The Bertz CT molecular complexity index is 707. The van der Waals surface area contributed by atoms with Crippen molar-refractivity contribution in [2.24, 2.45) is 0 Å². The number of hydrazine groups is 1. The van der Waals surface area contributed by atoms with Crippen LogP contribution in [-0.2, 0) is 9.59 Å². The fourth-order valence-electron chi connectivity index (χ4n) is 2.01. The number of ether oxygens (including phenoxy) is 2. The van der Waals surface area contributed by atoms with Gasteiger partial charge in [0.05, 0.1) is 6.61 Å². The van der Waals surface area contributed by atoms with E-state index in [2.05, 4.69) is 10.9 Å². The van der Waals surface area contributed by atoms with E-state index in [0.29, 0.717) is 18.8 Å². The number of benzene rings is 2. The minimum absolute atomic E-state index is 0.209. The molecule has 0 saturated heterocycles. The summed E-state index contributed by atoms with van der Waals surface area (Å²) in [5, 5.41) is 0. The summed E-state index contributed by atoms with van der Waals surface area (Å²) < 4.78 is 23.7. The Kier molecular flexibility index (Phi) is 7.42. The molecular weight excluding hydrogens is 339 g/mol. The summed E-state index contributed by atoms with van der Waals surface area (Å²) >= 11 is 0. The average Bonchev–Trinajstić information content (AvgIpc) is 2.66. The van der Waals surface area contributed by atoms with Gasteiger partial charge < -0.3 is 9.47 Å². The van der Waals surface area contributed by atoms with E-state index in [0.717, 1.165) is 5.75 Å². The predicted molar refractivity (Wildman–Crippen MR) is 93.9 cm³/mol. The SMILES string of the molecule is C[C@@H](Oc1ccc(F)cc1)C(=O)NNC(=O)CCCOc1ccccc1. The van der Waals surface area contributed by atoms with Crippen LogP contribution in [0.2, 0.25) is 0 Å². The molecule has 0 heterocycles. The van der Waals surface area contributed by atoms with Crippen molar-refractivity contribution in [1.82, 2.24) is 10.9 Å². The monoisotopic (exact) mass is 360 g/mol. The molecule has 6 nitrogen and oxygen atoms in total. The lowest BCUT2D eigenvalue weighted by atomic mass is 10.3. The van der Waals surface area contributed by atoms with Crippen LogP contribution >= 0.6 is 0 Å². The van der Waals surface area contributed by atoms with Gasteiger partial charge in [0.2, 0.25) is 5.91 Å². The van der Waals surface area contributed by atoms with Gasteiger partial charge >= 0.3 is 0 Å². The lowest BCUT2D eigenvalue weighted by molar-refractivity contribution is -0.132. The van der Waals surface area contributed by atoms with Gasteiger partial charge in [-0.05, 0) is 49.7 Å². The first kappa shape index (κ1) is 19.2. The fraction of sp³-hybridized carbons (Fsp3) is 0.263. The van der Waals surface area contributed by atoms with Crippen molar-refractivity contribution in [3.63, 3.8) is 0 Å². The Morgan fingerprint density at radius 1 is 1.00 bits per heavy atom. The van der Waals surface area contributed by atoms with Gasteiger partial charge in [-0.2, -0.15) is 0 Å². The molecule has 0 aliphatic carbocycles. The van der Waals surface area contributed by atoms with Crippen LogP contribution in [0.25, 0.3) is 0 Å². The van der Waals surface area contributed by atoms with Crippen LogP contribution in [0.1, 0.15) is 19.8 Å². The lowest BCUT2D eigenvalue weighted by Crippen LogP contribution is -2.47. The number of halogens is 1. The Balaban J connectivity index is 1.61. The highest BCUT2D eigenvalue weighted by Crippen LogP contribution is 2.13. The number of para-hydroxylation sites is 1. The first-order valence-electron chi connectivity index (χ1n) is 8.23. The van der Waals surface area contributed by atoms with E-state index in [4.69, 9.17) is 9.47 Å². The molecule has 138 valence electrons. The van der Waals surface area contributed by atoms with Crippen molar-refractivity contribution in [3.8, 4) is 11.5 Å². The number of nitrogens with one attached hydrogen (secondary N) is 2. The maximum Gasteiger partial charge on any atom is 0.279 e. The van der Waals surface area contributed by atoms with Crippen LogP contribution in [0.3, 0.4) is 0 Å². The van der Waals surface area contributed by atoms with Gasteiger partial charge in [-0.3, -0.25) is 20.4 Å². The number of amides is 2. The number of carbonyl (C=O) groups excluding carboxylic acids is 2. The average molecular weight is 360 g/mol. The van der Waals surface area contributed by atoms with E-state index < -0.39 is 17.8 Å². The standard InChI is InChI=1S/C19H21FN2O4/c1-14(26-17-11-9-15(20)10-12-17)19(24)22-21-18(23)8-5-13-25-16-6-3-2-4-7-16/h2-4,6-7,9-12,14H,5,8,13H2,1H3,(H,21,23)(H,22,24)/t14-/m1/s1. The molecule has 2 aromatic carbocycles. The number of hydrogen-bond acceptors (Lipinski definition) is 4. The van der Waals surface area contributed by atoms with Crippen molar-refractivity contribution < 1.29 is 23.5 Å². The summed E-state index contributed by atoms with van der Waals surface area (Å²) in [6.07, 6.45) is -0.124. The lowest BCUT2D eigenvalue weighted by Gasteiger charge is -2.15. The highest BCUT2D eigenvalue weighted by atomic mass is 19.1. The normalized spacial score (nSPS) is 11.3. The summed E-state index contributed by atoms with van der Waals surface area (Å²) in [6, 6.07) is 14.6. The van der Waals surface area contributed by atoms with Crippen molar-refractivity contribution in [3.05, 3.63) is 60.4 Å². The van der Waals surface area contributed by atoms with E-state index in [1.165, 1.54) is 31.2 Å². The molecule has 2 aromatic rings. The molecule has 0 aliphatic rings. The Morgan fingerprint density at radius 2 is 1.69 bits per heavy atom. The molecule has 0 saturated carbocycles. The van der Waals surface area contributed by atoms with Crippen LogP contribution in [0, 0.1) is 5.82 Å². The minimum atomic E-state index is -0.845. The second-order valence-corrected chi connectivity index (χ2v) is 5.52. The largest absolute Gasteiger partial charge is 0.494 e. The van der Waals surface area contributed by atoms with Gasteiger partial charge in [-0.25, -0.2) is 4.39 Å². The zero-order valence-corrected chi connectivity index (χ0v) is 14.4. The highest BCUT2D eigenvalue weighted by molar-refractivity contribution is 5.84. The maximum absolute atomic E-state index is 12.8. The first-order valence-corrected chi connectivity index (χ1v) is 8.23. The molecule has 0 unspecified atom stereocenters. The molecule has 0 aromatic heterocycles. The molecule has 0 aliphatic heterocycles. The highest BCUT2D eigenvalue weighted by Gasteiger charge is 2.15. The summed E-state index contributed by atoms with van der Waals surface area (Å²) in [6.45, 7) is 1.92. The second-order valence-electron chi connectivity index (χ2n) is 5.52. The van der Waals surface area contributed by atoms with E-state index >= 15 is 0 Å². The van der Waals surface area contributed by atoms with Crippen LogP contribution in [0.15, 0.2) is 54.6 Å². The Labute approximate surface area is 151 Å². The van der Waals surface area contributed by atoms with Crippen LogP contribution in [0.4, 0.5) is 4.39 Å². The summed E-state index contributed by atoms with van der Waals surface area (Å²) in [4.78, 5) is 23.6. The molecule has 2 amide bonds. The topological polar surface area (TPSA) is 76.7 Å². The minimum Gasteiger partial charge on any atom is -0.494 e. The predicted octanol–water partition coefficient (Wildman–Crippen LogP) is 2.60. The van der Waals surface area contributed by atoms with E-state index in [1.807, 2.05) is 30.3 Å². The van der Waals surface area contributed by atoms with Gasteiger partial charge in [-0.1, -0.05) is 18.2 Å². The molecule has 0 spiro atoms. The van der Waals surface area contributed by atoms with Gasteiger partial charge in [0, 0.05) is 6.42 Å². The van der Waals surface area contributed by atoms with E-state index in [9.17, 15) is 14.0 Å². The van der Waals surface area contributed by atoms with Crippen molar-refractivity contribution >= 4 is 11.8 Å². The van der Waals surface area contributed by atoms with Gasteiger partial charge in [-0.15, -0.1) is 0 Å². The first-order chi connectivity index (χ1) is 12.5. The second kappa shape index (κ2) is 10.0. The summed E-state index contributed by atoms with van der Waals surface area (Å²) in [5.41, 5.74) is 4.62. The third-order valence-electron chi connectivity index (χ3n) is 3.38. The third-order valence-corrected chi connectivity index (χ3v) is 3.38. The number of hydrogen-bond donors (Lipinski definition) is 2. The molecule has 0 bridgehead atoms. The molecule has 7 heteroatoms. The van der Waals surface area contributed by atoms with Crippen molar-refractivity contribution in [2.45, 2.75) is 25.9 Å². The van der Waals surface area contributed by atoms with Gasteiger partial charge in [0.15, 0.2) is 6.10 Å². The molecule has 26 heavy (non-hydrogen) atoms. The molecule has 1 atom stereocenters. The molecule has 0 radical (unpaired) electrons. The zero-order valence-electron chi connectivity index (χ0n) is 14.4. The quantitative estimate of drug-likeness (QED) is 0.560. The van der Waals surface area contributed by atoms with Crippen LogP contribution in [-0.4, -0.2) is 24.5 Å². The maximum atomic E-state index is 12.8. The number of carbonyl (C=O) groups is 2. The van der Waals surface area contributed by atoms with Gasteiger partial charge in [0.25, 0.3) is 5.91 Å². The zero-order chi connectivity index (χ0) is 18.8. The Morgan fingerprint density at radius 3 is 2.38 bits per heavy atom.